The summed E-state index contributed by atoms with van der Waals surface area (Å²) in [5.41, 5.74) is 1.16. The van der Waals surface area contributed by atoms with Crippen LogP contribution in [0.3, 0.4) is 0 Å². The molecule has 0 aromatic heterocycles. The highest BCUT2D eigenvalue weighted by molar-refractivity contribution is 9.10. The van der Waals surface area contributed by atoms with Gasteiger partial charge in [-0.3, -0.25) is 0 Å². The van der Waals surface area contributed by atoms with Crippen LogP contribution in [0.15, 0.2) is 57.9 Å². The molecule has 5 nitrogen and oxygen atoms in total. The van der Waals surface area contributed by atoms with Crippen LogP contribution in [0.25, 0.3) is 0 Å². The molecule has 0 radical (unpaired) electrons. The number of carbonyl (C=O) groups is 1. The van der Waals surface area contributed by atoms with Crippen LogP contribution in [-0.4, -0.2) is 21.4 Å². The van der Waals surface area contributed by atoms with Crippen molar-refractivity contribution in [3.05, 3.63) is 64.1 Å². The largest absolute Gasteiger partial charge is 0.457 e. The van der Waals surface area contributed by atoms with Crippen molar-refractivity contribution in [2.24, 2.45) is 0 Å². The molecular formula is C15H14BrNO4S. The maximum atomic E-state index is 11.9. The van der Waals surface area contributed by atoms with Gasteiger partial charge in [0.05, 0.1) is 10.5 Å². The second kappa shape index (κ2) is 7.04. The molecule has 0 saturated carbocycles. The summed E-state index contributed by atoms with van der Waals surface area (Å²) in [6, 6.07) is 13.0. The van der Waals surface area contributed by atoms with Gasteiger partial charge in [0.15, 0.2) is 0 Å². The van der Waals surface area contributed by atoms with Gasteiger partial charge >= 0.3 is 5.97 Å². The van der Waals surface area contributed by atoms with Crippen LogP contribution in [0.4, 0.5) is 0 Å². The maximum Gasteiger partial charge on any atom is 0.338 e. The first kappa shape index (κ1) is 16.7. The first-order valence-electron chi connectivity index (χ1n) is 6.37. The van der Waals surface area contributed by atoms with Gasteiger partial charge in [-0.2, -0.15) is 0 Å². The Morgan fingerprint density at radius 3 is 2.23 bits per heavy atom. The third-order valence-corrected chi connectivity index (χ3v) is 4.91. The zero-order valence-corrected chi connectivity index (χ0v) is 14.1. The minimum atomic E-state index is -3.51. The lowest BCUT2D eigenvalue weighted by Gasteiger charge is -2.06. The highest BCUT2D eigenvalue weighted by atomic mass is 79.9. The van der Waals surface area contributed by atoms with Crippen molar-refractivity contribution in [3.63, 3.8) is 0 Å². The molecule has 0 spiro atoms. The molecule has 0 amide bonds. The van der Waals surface area contributed by atoms with E-state index < -0.39 is 16.0 Å². The molecule has 0 aliphatic rings. The number of carbonyl (C=O) groups excluding carboxylic acids is 1. The molecule has 2 aromatic carbocycles. The Hall–Kier alpha value is -1.70. The summed E-state index contributed by atoms with van der Waals surface area (Å²) in [7, 11) is -2.18. The van der Waals surface area contributed by atoms with E-state index in [9.17, 15) is 13.2 Å². The smallest absolute Gasteiger partial charge is 0.338 e. The molecular weight excluding hydrogens is 370 g/mol. The average molecular weight is 384 g/mol. The summed E-state index contributed by atoms with van der Waals surface area (Å²) < 4.78 is 31.5. The fraction of sp³-hybridized carbons (Fsp3) is 0.133. The predicted octanol–water partition coefficient (Wildman–Crippen LogP) is 2.71. The van der Waals surface area contributed by atoms with E-state index in [0.717, 1.165) is 10.0 Å². The van der Waals surface area contributed by atoms with Crippen molar-refractivity contribution >= 4 is 31.9 Å². The van der Waals surface area contributed by atoms with E-state index in [1.54, 1.807) is 0 Å². The number of halogens is 1. The van der Waals surface area contributed by atoms with Crippen molar-refractivity contribution in [3.8, 4) is 0 Å². The Morgan fingerprint density at radius 1 is 1.09 bits per heavy atom. The van der Waals surface area contributed by atoms with Gasteiger partial charge in [0.25, 0.3) is 0 Å². The van der Waals surface area contributed by atoms with Crippen LogP contribution < -0.4 is 4.72 Å². The van der Waals surface area contributed by atoms with E-state index >= 15 is 0 Å². The SMILES string of the molecule is CNS(=O)(=O)c1ccc(C(=O)OCc2ccc(Br)cc2)cc1. The van der Waals surface area contributed by atoms with Crippen molar-refractivity contribution in [1.82, 2.24) is 4.72 Å². The Labute approximate surface area is 137 Å². The maximum absolute atomic E-state index is 11.9. The van der Waals surface area contributed by atoms with Crippen molar-refractivity contribution < 1.29 is 17.9 Å². The van der Waals surface area contributed by atoms with E-state index in [1.165, 1.54) is 31.3 Å². The third kappa shape index (κ3) is 4.16. The minimum Gasteiger partial charge on any atom is -0.457 e. The van der Waals surface area contributed by atoms with Crippen molar-refractivity contribution in [2.45, 2.75) is 11.5 Å². The van der Waals surface area contributed by atoms with E-state index in [2.05, 4.69) is 20.7 Å². The van der Waals surface area contributed by atoms with Gasteiger partial charge in [-0.25, -0.2) is 17.9 Å². The molecule has 0 aliphatic carbocycles. The fourth-order valence-corrected chi connectivity index (χ4v) is 2.70. The quantitative estimate of drug-likeness (QED) is 0.805. The molecule has 0 fully saturated rings. The molecule has 0 unspecified atom stereocenters. The lowest BCUT2D eigenvalue weighted by atomic mass is 10.2. The molecule has 0 heterocycles. The van der Waals surface area contributed by atoms with E-state index in [0.29, 0.717) is 5.56 Å². The lowest BCUT2D eigenvalue weighted by molar-refractivity contribution is 0.0472. The Morgan fingerprint density at radius 2 is 1.68 bits per heavy atom. The van der Waals surface area contributed by atoms with E-state index in [1.807, 2.05) is 24.3 Å². The van der Waals surface area contributed by atoms with Crippen molar-refractivity contribution in [2.75, 3.05) is 7.05 Å². The number of rotatable bonds is 5. The van der Waals surface area contributed by atoms with Gasteiger partial charge in [0.2, 0.25) is 10.0 Å². The first-order chi connectivity index (χ1) is 10.4. The standard InChI is InChI=1S/C15H14BrNO4S/c1-17-22(19,20)14-8-4-12(5-9-14)15(18)21-10-11-2-6-13(16)7-3-11/h2-9,17H,10H2,1H3. The average Bonchev–Trinajstić information content (AvgIpc) is 2.54. The number of esters is 1. The molecule has 22 heavy (non-hydrogen) atoms. The highest BCUT2D eigenvalue weighted by Gasteiger charge is 2.13. The Kier molecular flexibility index (Phi) is 5.33. The normalized spacial score (nSPS) is 11.2. The molecule has 2 aromatic rings. The number of benzene rings is 2. The van der Waals surface area contributed by atoms with Crippen LogP contribution in [0.5, 0.6) is 0 Å². The number of ether oxygens (including phenoxy) is 1. The second-order valence-electron chi connectivity index (χ2n) is 4.43. The van der Waals surface area contributed by atoms with E-state index in [-0.39, 0.29) is 11.5 Å². The summed E-state index contributed by atoms with van der Waals surface area (Å²) in [6.45, 7) is 0.155. The zero-order valence-electron chi connectivity index (χ0n) is 11.7. The number of sulfonamides is 1. The topological polar surface area (TPSA) is 72.5 Å². The van der Waals surface area contributed by atoms with Crippen LogP contribution >= 0.6 is 15.9 Å². The summed E-state index contributed by atoms with van der Waals surface area (Å²) in [6.07, 6.45) is 0. The van der Waals surface area contributed by atoms with Gasteiger partial charge in [-0.15, -0.1) is 0 Å². The summed E-state index contributed by atoms with van der Waals surface area (Å²) in [5, 5.41) is 0. The molecule has 116 valence electrons. The molecule has 0 aliphatic heterocycles. The third-order valence-electron chi connectivity index (χ3n) is 2.95. The van der Waals surface area contributed by atoms with E-state index in [4.69, 9.17) is 4.74 Å². The molecule has 0 bridgehead atoms. The zero-order chi connectivity index (χ0) is 16.2. The summed E-state index contributed by atoms with van der Waals surface area (Å²) in [5.74, 6) is -0.503. The highest BCUT2D eigenvalue weighted by Crippen LogP contribution is 2.14. The number of nitrogens with one attached hydrogen (secondary N) is 1. The van der Waals surface area contributed by atoms with Crippen LogP contribution in [0.1, 0.15) is 15.9 Å². The number of hydrogen-bond donors (Lipinski definition) is 1. The van der Waals surface area contributed by atoms with Gasteiger partial charge < -0.3 is 4.74 Å². The summed E-state index contributed by atoms with van der Waals surface area (Å²) >= 11 is 3.33. The van der Waals surface area contributed by atoms with Crippen LogP contribution in [0.2, 0.25) is 0 Å². The second-order valence-corrected chi connectivity index (χ2v) is 7.24. The molecule has 0 saturated heterocycles. The molecule has 1 N–H and O–H groups in total. The van der Waals surface area contributed by atoms with Crippen LogP contribution in [-0.2, 0) is 21.4 Å². The van der Waals surface area contributed by atoms with Crippen LogP contribution in [0, 0.1) is 0 Å². The molecule has 0 atom stereocenters. The predicted molar refractivity (Wildman–Crippen MR) is 85.9 cm³/mol. The van der Waals surface area contributed by atoms with Gasteiger partial charge in [0.1, 0.15) is 6.61 Å². The molecule has 2 rings (SSSR count). The monoisotopic (exact) mass is 383 g/mol. The van der Waals surface area contributed by atoms with Gasteiger partial charge in [0, 0.05) is 4.47 Å². The van der Waals surface area contributed by atoms with Crippen molar-refractivity contribution in [1.29, 1.82) is 0 Å². The first-order valence-corrected chi connectivity index (χ1v) is 8.65. The minimum absolute atomic E-state index is 0.0967. The number of hydrogen-bond acceptors (Lipinski definition) is 4. The molecule has 7 heteroatoms. The van der Waals surface area contributed by atoms with Gasteiger partial charge in [-0.05, 0) is 49.0 Å². The summed E-state index contributed by atoms with van der Waals surface area (Å²) in [4.78, 5) is 12.0. The Balaban J connectivity index is 2.02. The fourth-order valence-electron chi connectivity index (χ4n) is 1.70. The van der Waals surface area contributed by atoms with Gasteiger partial charge in [-0.1, -0.05) is 28.1 Å². The Bertz CT molecular complexity index is 755. The lowest BCUT2D eigenvalue weighted by Crippen LogP contribution is -2.18.